The first-order valence-corrected chi connectivity index (χ1v) is 14.2. The Morgan fingerprint density at radius 2 is 1.00 bits per heavy atom. The summed E-state index contributed by atoms with van der Waals surface area (Å²) < 4.78 is 12.2. The highest BCUT2D eigenvalue weighted by Crippen LogP contribution is 2.41. The molecule has 202 valence electrons. The van der Waals surface area contributed by atoms with E-state index >= 15 is 0 Å². The van der Waals surface area contributed by atoms with Crippen molar-refractivity contribution in [2.75, 3.05) is 4.90 Å². The van der Waals surface area contributed by atoms with Crippen LogP contribution in [0.25, 0.3) is 65.8 Å². The van der Waals surface area contributed by atoms with Crippen LogP contribution in [0.2, 0.25) is 0 Å². The van der Waals surface area contributed by atoms with Gasteiger partial charge in [-0.2, -0.15) is 0 Å². The fourth-order valence-corrected chi connectivity index (χ4v) is 6.15. The molecule has 0 atom stereocenters. The van der Waals surface area contributed by atoms with E-state index in [4.69, 9.17) is 8.83 Å². The number of fused-ring (bicyclic) bond motifs is 7. The highest BCUT2D eigenvalue weighted by Gasteiger charge is 2.18. The quantitative estimate of drug-likeness (QED) is 0.217. The minimum absolute atomic E-state index is 0.778. The largest absolute Gasteiger partial charge is 0.454 e. The van der Waals surface area contributed by atoms with Crippen molar-refractivity contribution in [2.45, 2.75) is 0 Å². The first-order valence-electron chi connectivity index (χ1n) is 14.2. The van der Waals surface area contributed by atoms with E-state index in [-0.39, 0.29) is 0 Å². The van der Waals surface area contributed by atoms with E-state index in [1.54, 1.807) is 12.4 Å². The van der Waals surface area contributed by atoms with E-state index in [0.717, 1.165) is 60.9 Å². The predicted octanol–water partition coefficient (Wildman–Crippen LogP) is 10.6. The molecule has 0 amide bonds. The lowest BCUT2D eigenvalue weighted by molar-refractivity contribution is 0.666. The lowest BCUT2D eigenvalue weighted by Crippen LogP contribution is -2.09. The number of pyridine rings is 2. The van der Waals surface area contributed by atoms with Crippen molar-refractivity contribution in [1.82, 2.24) is 9.97 Å². The Bertz CT molecular complexity index is 2360. The van der Waals surface area contributed by atoms with Gasteiger partial charge in [-0.1, -0.05) is 48.5 Å². The summed E-state index contributed by atoms with van der Waals surface area (Å²) in [6.07, 6.45) is 7.16. The van der Waals surface area contributed by atoms with Gasteiger partial charge in [-0.3, -0.25) is 9.97 Å². The zero-order valence-corrected chi connectivity index (χ0v) is 22.9. The SMILES string of the molecule is c1ccc(-c2ccc3ccc(N(c4ccc5oc6cnccc6c5c4)c4ccc5oc6cnccc6c5c4)cc3c2)cc1. The van der Waals surface area contributed by atoms with Gasteiger partial charge in [-0.15, -0.1) is 0 Å². The Hall–Kier alpha value is -5.94. The minimum atomic E-state index is 0.778. The lowest BCUT2D eigenvalue weighted by Gasteiger charge is -2.26. The molecule has 9 aromatic rings. The van der Waals surface area contributed by atoms with Crippen LogP contribution >= 0.6 is 0 Å². The zero-order valence-electron chi connectivity index (χ0n) is 22.9. The van der Waals surface area contributed by atoms with Crippen molar-refractivity contribution in [2.24, 2.45) is 0 Å². The first-order chi connectivity index (χ1) is 21.3. The van der Waals surface area contributed by atoms with Crippen LogP contribution in [0, 0.1) is 0 Å². The summed E-state index contributed by atoms with van der Waals surface area (Å²) in [4.78, 5) is 10.8. The molecule has 0 saturated heterocycles. The molecule has 4 aromatic heterocycles. The number of hydrogen-bond donors (Lipinski definition) is 0. The topological polar surface area (TPSA) is 55.3 Å². The van der Waals surface area contributed by atoms with Crippen LogP contribution in [0.4, 0.5) is 17.1 Å². The molecular formula is C38H23N3O2. The smallest absolute Gasteiger partial charge is 0.153 e. The van der Waals surface area contributed by atoms with Gasteiger partial charge in [-0.25, -0.2) is 0 Å². The summed E-state index contributed by atoms with van der Waals surface area (Å²) in [6.45, 7) is 0. The number of anilines is 3. The second-order valence-electron chi connectivity index (χ2n) is 10.8. The second kappa shape index (κ2) is 9.29. The molecule has 5 heteroatoms. The summed E-state index contributed by atoms with van der Waals surface area (Å²) in [7, 11) is 0. The van der Waals surface area contributed by atoms with Crippen LogP contribution in [0.1, 0.15) is 0 Å². The zero-order chi connectivity index (χ0) is 28.3. The molecule has 0 aliphatic carbocycles. The number of rotatable bonds is 4. The Labute approximate surface area is 246 Å². The van der Waals surface area contributed by atoms with E-state index in [9.17, 15) is 0 Å². The molecule has 0 radical (unpaired) electrons. The van der Waals surface area contributed by atoms with E-state index in [1.807, 2.05) is 42.7 Å². The third kappa shape index (κ3) is 3.86. The predicted molar refractivity (Wildman–Crippen MR) is 174 cm³/mol. The molecule has 43 heavy (non-hydrogen) atoms. The van der Waals surface area contributed by atoms with Gasteiger partial charge in [0.1, 0.15) is 11.2 Å². The first kappa shape index (κ1) is 23.7. The standard InChI is InChI=1S/C38H23N3O2/c1-2-4-24(5-3-1)26-7-6-25-8-9-28(19-27(25)18-26)41(29-10-12-35-33(20-29)31-14-16-39-22-37(31)42-35)30-11-13-36-34(21-30)32-15-17-40-23-38(32)43-36/h1-23H. The molecule has 0 N–H and O–H groups in total. The number of furan rings is 2. The molecule has 9 rings (SSSR count). The Morgan fingerprint density at radius 3 is 1.65 bits per heavy atom. The van der Waals surface area contributed by atoms with Crippen LogP contribution in [-0.2, 0) is 0 Å². The molecular weight excluding hydrogens is 530 g/mol. The van der Waals surface area contributed by atoms with Gasteiger partial charge in [0.15, 0.2) is 11.2 Å². The van der Waals surface area contributed by atoms with Crippen molar-refractivity contribution in [1.29, 1.82) is 0 Å². The summed E-state index contributed by atoms with van der Waals surface area (Å²) in [5.74, 6) is 0. The second-order valence-corrected chi connectivity index (χ2v) is 10.8. The molecule has 0 fully saturated rings. The van der Waals surface area contributed by atoms with Crippen LogP contribution in [0.3, 0.4) is 0 Å². The molecule has 5 nitrogen and oxygen atoms in total. The van der Waals surface area contributed by atoms with E-state index < -0.39 is 0 Å². The summed E-state index contributed by atoms with van der Waals surface area (Å²) in [5.41, 5.74) is 8.73. The maximum Gasteiger partial charge on any atom is 0.153 e. The molecule has 4 heterocycles. The fraction of sp³-hybridized carbons (Fsp3) is 0. The Balaban J connectivity index is 1.27. The molecule has 0 spiro atoms. The molecule has 0 saturated carbocycles. The summed E-state index contributed by atoms with van der Waals surface area (Å²) >= 11 is 0. The number of hydrogen-bond acceptors (Lipinski definition) is 5. The maximum atomic E-state index is 6.11. The van der Waals surface area contributed by atoms with E-state index in [2.05, 4.69) is 99.8 Å². The van der Waals surface area contributed by atoms with Crippen molar-refractivity contribution >= 4 is 71.7 Å². The summed E-state index contributed by atoms with van der Waals surface area (Å²) in [6, 6.07) is 40.6. The number of aromatic nitrogens is 2. The molecule has 5 aromatic carbocycles. The van der Waals surface area contributed by atoms with Gasteiger partial charge in [0.2, 0.25) is 0 Å². The number of nitrogens with zero attached hydrogens (tertiary/aromatic N) is 3. The average Bonchev–Trinajstić information content (AvgIpc) is 3.63. The van der Waals surface area contributed by atoms with Gasteiger partial charge in [0, 0.05) is 51.0 Å². The van der Waals surface area contributed by atoms with Gasteiger partial charge >= 0.3 is 0 Å². The van der Waals surface area contributed by atoms with Crippen LogP contribution in [0.5, 0.6) is 0 Å². The van der Waals surface area contributed by atoms with Gasteiger partial charge in [0.25, 0.3) is 0 Å². The minimum Gasteiger partial charge on any atom is -0.454 e. The monoisotopic (exact) mass is 553 g/mol. The normalized spacial score (nSPS) is 11.7. The van der Waals surface area contributed by atoms with Gasteiger partial charge < -0.3 is 13.7 Å². The third-order valence-corrected chi connectivity index (χ3v) is 8.22. The Kier molecular flexibility index (Phi) is 5.13. The average molecular weight is 554 g/mol. The van der Waals surface area contributed by atoms with Gasteiger partial charge in [-0.05, 0) is 88.6 Å². The molecule has 0 unspecified atom stereocenters. The van der Waals surface area contributed by atoms with Crippen LogP contribution in [0.15, 0.2) is 149 Å². The highest BCUT2D eigenvalue weighted by atomic mass is 16.3. The molecule has 0 aliphatic rings. The van der Waals surface area contributed by atoms with Crippen molar-refractivity contribution in [3.8, 4) is 11.1 Å². The fourth-order valence-electron chi connectivity index (χ4n) is 6.15. The Morgan fingerprint density at radius 1 is 0.419 bits per heavy atom. The number of benzene rings is 5. The van der Waals surface area contributed by atoms with Crippen molar-refractivity contribution in [3.05, 3.63) is 140 Å². The van der Waals surface area contributed by atoms with Crippen LogP contribution < -0.4 is 4.90 Å². The van der Waals surface area contributed by atoms with Crippen molar-refractivity contribution in [3.63, 3.8) is 0 Å². The van der Waals surface area contributed by atoms with E-state index in [0.29, 0.717) is 0 Å². The molecule has 0 bridgehead atoms. The maximum absolute atomic E-state index is 6.11. The third-order valence-electron chi connectivity index (χ3n) is 8.22. The lowest BCUT2D eigenvalue weighted by atomic mass is 10.0. The highest BCUT2D eigenvalue weighted by molar-refractivity contribution is 6.08. The van der Waals surface area contributed by atoms with E-state index in [1.165, 1.54) is 21.9 Å². The summed E-state index contributed by atoms with van der Waals surface area (Å²) in [5, 5.41) is 6.55. The van der Waals surface area contributed by atoms with Gasteiger partial charge in [0.05, 0.1) is 12.4 Å². The van der Waals surface area contributed by atoms with Crippen molar-refractivity contribution < 1.29 is 8.83 Å². The van der Waals surface area contributed by atoms with Crippen LogP contribution in [-0.4, -0.2) is 9.97 Å². The molecule has 0 aliphatic heterocycles.